The molecule has 0 saturated carbocycles. The van der Waals surface area contributed by atoms with Crippen molar-refractivity contribution in [3.8, 4) is 33.8 Å². The topological polar surface area (TPSA) is 40.5 Å². The highest BCUT2D eigenvalue weighted by Gasteiger charge is 2.16. The summed E-state index contributed by atoms with van der Waals surface area (Å²) in [6.07, 6.45) is 0. The first kappa shape index (κ1) is 16.4. The number of fused-ring (bicyclic) bond motifs is 2. The van der Waals surface area contributed by atoms with Crippen LogP contribution in [0.15, 0.2) is 97.1 Å². The molecule has 0 radical (unpaired) electrons. The smallest absolute Gasteiger partial charge is 0.124 e. The first-order valence-corrected chi connectivity index (χ1v) is 9.24. The van der Waals surface area contributed by atoms with E-state index in [1.165, 1.54) is 0 Å². The fourth-order valence-electron chi connectivity index (χ4n) is 3.91. The summed E-state index contributed by atoms with van der Waals surface area (Å²) in [4.78, 5) is 0. The minimum Gasteiger partial charge on any atom is -0.507 e. The van der Waals surface area contributed by atoms with Crippen LogP contribution in [0.1, 0.15) is 0 Å². The summed E-state index contributed by atoms with van der Waals surface area (Å²) in [6, 6.07) is 31.5. The van der Waals surface area contributed by atoms with Gasteiger partial charge in [0, 0.05) is 11.1 Å². The Morgan fingerprint density at radius 1 is 0.429 bits per heavy atom. The lowest BCUT2D eigenvalue weighted by molar-refractivity contribution is 0.470. The van der Waals surface area contributed by atoms with Crippen LogP contribution < -0.4 is 0 Å². The third-order valence-corrected chi connectivity index (χ3v) is 5.26. The molecule has 0 aliphatic rings. The Morgan fingerprint density at radius 2 is 1.04 bits per heavy atom. The molecule has 2 N–H and O–H groups in total. The molecule has 5 aromatic rings. The third-order valence-electron chi connectivity index (χ3n) is 5.26. The highest BCUT2D eigenvalue weighted by atomic mass is 16.3. The first-order valence-electron chi connectivity index (χ1n) is 9.24. The van der Waals surface area contributed by atoms with Gasteiger partial charge in [0.05, 0.1) is 0 Å². The van der Waals surface area contributed by atoms with Gasteiger partial charge in [-0.3, -0.25) is 0 Å². The van der Waals surface area contributed by atoms with Crippen LogP contribution in [0.3, 0.4) is 0 Å². The molecular formula is C26H18O2. The minimum absolute atomic E-state index is 0.159. The van der Waals surface area contributed by atoms with Gasteiger partial charge in [-0.05, 0) is 50.9 Å². The number of hydrogen-bond acceptors (Lipinski definition) is 2. The highest BCUT2D eigenvalue weighted by molar-refractivity contribution is 6.10. The van der Waals surface area contributed by atoms with E-state index in [1.807, 2.05) is 60.7 Å². The highest BCUT2D eigenvalue weighted by Crippen LogP contribution is 2.44. The van der Waals surface area contributed by atoms with Gasteiger partial charge >= 0.3 is 0 Å². The van der Waals surface area contributed by atoms with E-state index in [0.29, 0.717) is 11.1 Å². The molecule has 0 atom stereocenters. The Morgan fingerprint density at radius 3 is 1.79 bits per heavy atom. The lowest BCUT2D eigenvalue weighted by Crippen LogP contribution is -1.87. The summed E-state index contributed by atoms with van der Waals surface area (Å²) in [5.41, 5.74) is 3.58. The zero-order valence-electron chi connectivity index (χ0n) is 15.1. The maximum atomic E-state index is 10.7. The normalized spacial score (nSPS) is 11.1. The fourth-order valence-corrected chi connectivity index (χ4v) is 3.91. The monoisotopic (exact) mass is 362 g/mol. The predicted molar refractivity (Wildman–Crippen MR) is 116 cm³/mol. The summed E-state index contributed by atoms with van der Waals surface area (Å²) in [5, 5.41) is 25.2. The summed E-state index contributed by atoms with van der Waals surface area (Å²) in [7, 11) is 0. The van der Waals surface area contributed by atoms with Gasteiger partial charge in [0.2, 0.25) is 0 Å². The lowest BCUT2D eigenvalue weighted by atomic mass is 9.91. The molecule has 0 bridgehead atoms. The Labute approximate surface area is 162 Å². The van der Waals surface area contributed by atoms with E-state index in [1.54, 1.807) is 12.1 Å². The zero-order chi connectivity index (χ0) is 19.1. The van der Waals surface area contributed by atoms with Crippen LogP contribution >= 0.6 is 0 Å². The van der Waals surface area contributed by atoms with Crippen molar-refractivity contribution in [3.05, 3.63) is 97.1 Å². The molecule has 0 saturated heterocycles. The van der Waals surface area contributed by atoms with E-state index in [0.717, 1.165) is 32.7 Å². The Bertz CT molecular complexity index is 1320. The van der Waals surface area contributed by atoms with Gasteiger partial charge in [-0.25, -0.2) is 0 Å². The molecular weight excluding hydrogens is 344 g/mol. The van der Waals surface area contributed by atoms with Crippen molar-refractivity contribution in [1.82, 2.24) is 0 Å². The maximum absolute atomic E-state index is 10.7. The lowest BCUT2D eigenvalue weighted by Gasteiger charge is -2.15. The van der Waals surface area contributed by atoms with Crippen LogP contribution in [0.5, 0.6) is 11.5 Å². The Hall–Kier alpha value is -3.78. The van der Waals surface area contributed by atoms with Crippen molar-refractivity contribution in [1.29, 1.82) is 0 Å². The molecule has 0 unspecified atom stereocenters. The average molecular weight is 362 g/mol. The molecule has 5 rings (SSSR count). The molecule has 5 aromatic carbocycles. The van der Waals surface area contributed by atoms with E-state index in [4.69, 9.17) is 0 Å². The van der Waals surface area contributed by atoms with Crippen LogP contribution in [0.25, 0.3) is 43.8 Å². The van der Waals surface area contributed by atoms with Crippen molar-refractivity contribution in [2.45, 2.75) is 0 Å². The SMILES string of the molecule is Oc1ccc2ccccc2c1-c1c(O)ccc2cc(-c3ccccc3)ccc12. The predicted octanol–water partition coefficient (Wildman–Crippen LogP) is 6.74. The van der Waals surface area contributed by atoms with Gasteiger partial charge < -0.3 is 10.2 Å². The van der Waals surface area contributed by atoms with Crippen molar-refractivity contribution < 1.29 is 10.2 Å². The van der Waals surface area contributed by atoms with E-state index in [2.05, 4.69) is 24.3 Å². The molecule has 0 aromatic heterocycles. The summed E-state index contributed by atoms with van der Waals surface area (Å²) < 4.78 is 0. The standard InChI is InChI=1S/C26H18O2/c27-23-14-11-18-8-4-5-9-21(18)25(23)26-22-13-10-19(17-6-2-1-3-7-17)16-20(22)12-15-24(26)28/h1-16,27-28H. The van der Waals surface area contributed by atoms with Gasteiger partial charge in [-0.1, -0.05) is 78.9 Å². The number of benzene rings is 5. The second-order valence-corrected chi connectivity index (χ2v) is 6.94. The second kappa shape index (κ2) is 6.43. The van der Waals surface area contributed by atoms with E-state index < -0.39 is 0 Å². The fraction of sp³-hybridized carbons (Fsp3) is 0. The van der Waals surface area contributed by atoms with Gasteiger partial charge in [0.1, 0.15) is 11.5 Å². The molecule has 0 spiro atoms. The number of hydrogen-bond donors (Lipinski definition) is 2. The van der Waals surface area contributed by atoms with Crippen molar-refractivity contribution in [2.24, 2.45) is 0 Å². The van der Waals surface area contributed by atoms with Gasteiger partial charge in [0.15, 0.2) is 0 Å². The largest absolute Gasteiger partial charge is 0.507 e. The molecule has 0 heterocycles. The summed E-state index contributed by atoms with van der Waals surface area (Å²) in [6.45, 7) is 0. The zero-order valence-corrected chi connectivity index (χ0v) is 15.1. The van der Waals surface area contributed by atoms with Gasteiger partial charge in [-0.2, -0.15) is 0 Å². The van der Waals surface area contributed by atoms with E-state index in [-0.39, 0.29) is 11.5 Å². The van der Waals surface area contributed by atoms with Crippen LogP contribution in [0.4, 0.5) is 0 Å². The number of aromatic hydroxyl groups is 2. The van der Waals surface area contributed by atoms with Crippen LogP contribution in [0, 0.1) is 0 Å². The molecule has 0 aliphatic heterocycles. The molecule has 0 amide bonds. The van der Waals surface area contributed by atoms with Crippen molar-refractivity contribution in [2.75, 3.05) is 0 Å². The second-order valence-electron chi connectivity index (χ2n) is 6.94. The van der Waals surface area contributed by atoms with Gasteiger partial charge in [-0.15, -0.1) is 0 Å². The Kier molecular flexibility index (Phi) is 3.77. The molecule has 2 heteroatoms. The van der Waals surface area contributed by atoms with Crippen LogP contribution in [0.2, 0.25) is 0 Å². The van der Waals surface area contributed by atoms with Crippen molar-refractivity contribution >= 4 is 21.5 Å². The number of phenolic OH excluding ortho intramolecular Hbond substituents is 2. The van der Waals surface area contributed by atoms with E-state index in [9.17, 15) is 10.2 Å². The quantitative estimate of drug-likeness (QED) is 0.365. The minimum atomic E-state index is 0.159. The molecule has 28 heavy (non-hydrogen) atoms. The Balaban J connectivity index is 1.82. The molecule has 0 aliphatic carbocycles. The number of phenols is 2. The molecule has 2 nitrogen and oxygen atoms in total. The van der Waals surface area contributed by atoms with E-state index >= 15 is 0 Å². The summed E-state index contributed by atoms with van der Waals surface area (Å²) >= 11 is 0. The first-order chi connectivity index (χ1) is 13.7. The van der Waals surface area contributed by atoms with Crippen molar-refractivity contribution in [3.63, 3.8) is 0 Å². The summed E-state index contributed by atoms with van der Waals surface area (Å²) in [5.74, 6) is 0.320. The average Bonchev–Trinajstić information content (AvgIpc) is 2.75. The van der Waals surface area contributed by atoms with Crippen LogP contribution in [-0.4, -0.2) is 10.2 Å². The maximum Gasteiger partial charge on any atom is 0.124 e. The van der Waals surface area contributed by atoms with Crippen LogP contribution in [-0.2, 0) is 0 Å². The third kappa shape index (κ3) is 2.58. The molecule has 0 fully saturated rings. The van der Waals surface area contributed by atoms with Gasteiger partial charge in [0.25, 0.3) is 0 Å². The number of rotatable bonds is 2. The molecule has 134 valence electrons.